The van der Waals surface area contributed by atoms with Gasteiger partial charge in [-0.1, -0.05) is 0 Å². The molecule has 4 N–H and O–H groups in total. The molecule has 3 aromatic carbocycles. The molecule has 0 bridgehead atoms. The Hall–Kier alpha value is -0.151. The van der Waals surface area contributed by atoms with Gasteiger partial charge in [0, 0.05) is 17.8 Å². The van der Waals surface area contributed by atoms with E-state index in [4.69, 9.17) is 5.73 Å². The van der Waals surface area contributed by atoms with Gasteiger partial charge in [0.15, 0.2) is 5.75 Å². The zero-order valence-electron chi connectivity index (χ0n) is 23.6. The van der Waals surface area contributed by atoms with Gasteiger partial charge >= 0.3 is 154 Å². The summed E-state index contributed by atoms with van der Waals surface area (Å²) in [6, 6.07) is 6.51. The fourth-order valence-corrected chi connectivity index (χ4v) is 4.75. The first-order valence-electron chi connectivity index (χ1n) is 10.9. The number of carboxylic acids is 1. The summed E-state index contributed by atoms with van der Waals surface area (Å²) in [5.41, 5.74) is 3.83. The smallest absolute Gasteiger partial charge is 0.744 e. The summed E-state index contributed by atoms with van der Waals surface area (Å²) in [5.74, 6) is -2.87. The molecule has 0 unspecified atom stereocenters. The van der Waals surface area contributed by atoms with E-state index in [9.17, 15) is 43.3 Å². The minimum absolute atomic E-state index is 0. The monoisotopic (exact) mass is 734 g/mol. The molecule has 24 heteroatoms. The van der Waals surface area contributed by atoms with E-state index in [1.165, 1.54) is 19.1 Å². The zero-order valence-corrected chi connectivity index (χ0v) is 34.6. The Balaban J connectivity index is 0.00000337. The van der Waals surface area contributed by atoms with Crippen molar-refractivity contribution in [1.29, 1.82) is 0 Å². The summed E-state index contributed by atoms with van der Waals surface area (Å²) < 4.78 is 40.6. The fourth-order valence-electron chi connectivity index (χ4n) is 3.59. The first kappa shape index (κ1) is 42.9. The average molecular weight is 735 g/mol. The van der Waals surface area contributed by atoms with Gasteiger partial charge in [-0.3, -0.25) is 20.3 Å². The Morgan fingerprint density at radius 2 is 1.71 bits per heavy atom. The average Bonchev–Trinajstić information content (AvgIpc) is 3.30. The standard InChI is InChI=1S/C21H16N8O11S2.3K/c1-8-14(21(31)32)20(27-23-8)28-25-17-12(41-40-39-35)6-9-7-13(42(36,37)38)18(16(22)15(9)19(17)30)26-24-10-2-4-11(5-3-10)29(33)34;;;/h2-7,30,35H,22H2,1H3,(H,23,27)(H,31,32)(H,36,37,38);;;/q;3*+1/p-3. The Labute approximate surface area is 384 Å². The molecule has 4 aromatic rings. The second-order valence-corrected chi connectivity index (χ2v) is 10.1. The van der Waals surface area contributed by atoms with Crippen LogP contribution >= 0.6 is 12.0 Å². The molecular weight excluding hydrogens is 722 g/mol. The summed E-state index contributed by atoms with van der Waals surface area (Å²) in [6.07, 6.45) is 0. The van der Waals surface area contributed by atoms with E-state index in [-0.39, 0.29) is 199 Å². The molecule has 0 aliphatic heterocycles. The number of carbonyl (C=O) groups excluding carboxylic acids is 1. The van der Waals surface area contributed by atoms with Gasteiger partial charge in [0.1, 0.15) is 21.5 Å². The number of nitrogens with two attached hydrogens (primary N) is 1. The number of nitrogen functional groups attached to an aromatic ring is 1. The second-order valence-electron chi connectivity index (χ2n) is 7.99. The number of aromatic carboxylic acids is 1. The van der Waals surface area contributed by atoms with E-state index in [2.05, 4.69) is 40.0 Å². The number of aromatic nitrogens is 2. The Kier molecular flexibility index (Phi) is 17.7. The summed E-state index contributed by atoms with van der Waals surface area (Å²) in [7, 11) is -5.26. The molecular formula is C21H13K3N8O11S2. The molecule has 45 heavy (non-hydrogen) atoms. The van der Waals surface area contributed by atoms with Gasteiger partial charge in [0.2, 0.25) is 5.82 Å². The number of H-pyrrole nitrogens is 1. The number of aromatic hydroxyl groups is 1. The van der Waals surface area contributed by atoms with Crippen molar-refractivity contribution in [2.24, 2.45) is 20.5 Å². The van der Waals surface area contributed by atoms with Crippen molar-refractivity contribution in [3.63, 3.8) is 0 Å². The van der Waals surface area contributed by atoms with Gasteiger partial charge in [0.05, 0.1) is 55.1 Å². The van der Waals surface area contributed by atoms with E-state index in [1.807, 2.05) is 0 Å². The molecule has 218 valence electrons. The number of benzene rings is 3. The Morgan fingerprint density at radius 1 is 1.09 bits per heavy atom. The van der Waals surface area contributed by atoms with Crippen LogP contribution in [0.1, 0.15) is 16.1 Å². The van der Waals surface area contributed by atoms with Gasteiger partial charge in [-0.2, -0.15) is 14.5 Å². The number of nitro groups is 1. The number of non-ortho nitro benzene ring substituents is 1. The van der Waals surface area contributed by atoms with Gasteiger partial charge in [-0.05, 0) is 36.6 Å². The van der Waals surface area contributed by atoms with Gasteiger partial charge in [0.25, 0.3) is 5.69 Å². The molecule has 0 amide bonds. The number of aromatic amines is 1. The van der Waals surface area contributed by atoms with Gasteiger partial charge < -0.3 is 30.6 Å². The first-order chi connectivity index (χ1) is 19.8. The molecule has 0 saturated carbocycles. The fraction of sp³-hybridized carbons (Fsp3) is 0.0476. The van der Waals surface area contributed by atoms with Crippen molar-refractivity contribution in [3.05, 3.63) is 57.8 Å². The molecule has 0 atom stereocenters. The number of phenolic OH excluding ortho intramolecular Hbond substituents is 1. The first-order valence-corrected chi connectivity index (χ1v) is 13.0. The molecule has 0 fully saturated rings. The number of hydrogen-bond acceptors (Lipinski definition) is 18. The van der Waals surface area contributed by atoms with Crippen molar-refractivity contribution in [1.82, 2.24) is 10.2 Å². The van der Waals surface area contributed by atoms with Crippen LogP contribution in [-0.2, 0) is 19.5 Å². The molecule has 0 aliphatic carbocycles. The maximum absolute atomic E-state index is 12.1. The van der Waals surface area contributed by atoms with Crippen LogP contribution in [0, 0.1) is 17.0 Å². The van der Waals surface area contributed by atoms with Crippen LogP contribution in [0.3, 0.4) is 0 Å². The van der Waals surface area contributed by atoms with E-state index < -0.39 is 60.1 Å². The number of anilines is 1. The third kappa shape index (κ3) is 10.2. The van der Waals surface area contributed by atoms with Crippen LogP contribution in [0.2, 0.25) is 0 Å². The number of nitro benzene ring substituents is 1. The summed E-state index contributed by atoms with van der Waals surface area (Å²) in [5, 5.41) is 67.8. The van der Waals surface area contributed by atoms with Crippen molar-refractivity contribution in [3.8, 4) is 5.75 Å². The number of carbonyl (C=O) groups is 1. The van der Waals surface area contributed by atoms with Crippen LogP contribution in [-0.4, -0.2) is 39.2 Å². The molecule has 1 heterocycles. The Morgan fingerprint density at radius 3 is 2.27 bits per heavy atom. The molecule has 0 radical (unpaired) electrons. The SMILES string of the molecule is Cc1[nH]nc(N=Nc2c(SOO[O-])cc3cc(S(=O)(=O)[O-])c(N=Nc4ccc([N+](=O)[O-])cc4)c(N)c3c2O)c1C(=O)[O-].[K+].[K+].[K+]. The minimum atomic E-state index is -5.26. The van der Waals surface area contributed by atoms with Crippen LogP contribution in [0.5, 0.6) is 5.75 Å². The Bertz CT molecular complexity index is 1910. The van der Waals surface area contributed by atoms with Crippen molar-refractivity contribution in [2.45, 2.75) is 16.7 Å². The maximum Gasteiger partial charge on any atom is 1.00 e. The minimum Gasteiger partial charge on any atom is -0.744 e. The number of carboxylic acid groups (broad SMARTS) is 1. The number of aryl methyl sites for hydroxylation is 1. The third-order valence-corrected chi connectivity index (χ3v) is 6.90. The zero-order chi connectivity index (χ0) is 30.8. The van der Waals surface area contributed by atoms with Crippen LogP contribution in [0.15, 0.2) is 66.6 Å². The molecule has 4 rings (SSSR count). The largest absolute Gasteiger partial charge is 1.00 e. The molecule has 0 aliphatic rings. The number of azo groups is 2. The quantitative estimate of drug-likeness (QED) is 0.0199. The normalized spacial score (nSPS) is 11.3. The number of phenols is 1. The molecule has 1 aromatic heterocycles. The number of nitrogens with zero attached hydrogens (tertiary/aromatic N) is 6. The van der Waals surface area contributed by atoms with Crippen LogP contribution in [0.25, 0.3) is 10.8 Å². The van der Waals surface area contributed by atoms with E-state index >= 15 is 0 Å². The van der Waals surface area contributed by atoms with Gasteiger partial charge in [-0.25, -0.2) is 8.42 Å². The predicted octanol–water partition coefficient (Wildman–Crippen LogP) is -6.59. The number of hydrogen-bond donors (Lipinski definition) is 3. The summed E-state index contributed by atoms with van der Waals surface area (Å²) in [6.45, 7) is 1.38. The molecule has 0 saturated heterocycles. The topological polar surface area (TPSA) is 306 Å². The number of nitrogens with one attached hydrogen (secondary N) is 1. The van der Waals surface area contributed by atoms with Gasteiger partial charge in [-0.15, -0.1) is 15.3 Å². The van der Waals surface area contributed by atoms with E-state index in [1.54, 1.807) is 0 Å². The van der Waals surface area contributed by atoms with Crippen LogP contribution < -0.4 is 170 Å². The van der Waals surface area contributed by atoms with Crippen molar-refractivity contribution >= 4 is 73.2 Å². The molecule has 19 nitrogen and oxygen atoms in total. The third-order valence-electron chi connectivity index (χ3n) is 5.44. The predicted molar refractivity (Wildman–Crippen MR) is 135 cm³/mol. The van der Waals surface area contributed by atoms with Crippen molar-refractivity contribution < 1.29 is 202 Å². The van der Waals surface area contributed by atoms with E-state index in [0.717, 1.165) is 24.3 Å². The van der Waals surface area contributed by atoms with E-state index in [0.29, 0.717) is 0 Å². The van der Waals surface area contributed by atoms with Crippen LogP contribution in [0.4, 0.5) is 34.3 Å². The number of rotatable bonds is 10. The second kappa shape index (κ2) is 18.6. The maximum atomic E-state index is 12.1. The van der Waals surface area contributed by atoms with Crippen molar-refractivity contribution in [2.75, 3.05) is 5.73 Å². The molecule has 0 spiro atoms. The summed E-state index contributed by atoms with van der Waals surface area (Å²) in [4.78, 5) is 20.5. The summed E-state index contributed by atoms with van der Waals surface area (Å²) >= 11 is 0.197. The number of fused-ring (bicyclic) bond motifs is 1.